The molecule has 1 aromatic heterocycles. The lowest BCUT2D eigenvalue weighted by Gasteiger charge is -2.18. The van der Waals surface area contributed by atoms with Gasteiger partial charge in [0.15, 0.2) is 0 Å². The van der Waals surface area contributed by atoms with Gasteiger partial charge in [-0.2, -0.15) is 13.2 Å². The molecule has 0 spiro atoms. The third kappa shape index (κ3) is 3.92. The van der Waals surface area contributed by atoms with Crippen molar-refractivity contribution in [2.45, 2.75) is 19.1 Å². The number of rotatable bonds is 3. The average molecular weight is 337 g/mol. The minimum Gasteiger partial charge on any atom is -0.405 e. The van der Waals surface area contributed by atoms with Gasteiger partial charge in [0, 0.05) is 11.8 Å². The number of aromatic nitrogens is 1. The fraction of sp³-hybridized carbons (Fsp3) is 0.214. The number of ether oxygens (including phenoxy) is 1. The molecule has 2 rings (SSSR count). The number of hydrogen-bond acceptors (Lipinski definition) is 3. The SMILES string of the molecule is OCc1ccnc(-c2ccccc2OC(F)(F)F)c1C(F)(F)F. The van der Waals surface area contributed by atoms with E-state index in [9.17, 15) is 26.3 Å². The van der Waals surface area contributed by atoms with Crippen LogP contribution in [-0.4, -0.2) is 16.5 Å². The highest BCUT2D eigenvalue weighted by Crippen LogP contribution is 2.41. The van der Waals surface area contributed by atoms with Crippen LogP contribution in [0, 0.1) is 0 Å². The van der Waals surface area contributed by atoms with Gasteiger partial charge in [0.05, 0.1) is 17.9 Å². The minimum absolute atomic E-state index is 0.479. The molecule has 0 saturated carbocycles. The van der Waals surface area contributed by atoms with Crippen LogP contribution in [0.1, 0.15) is 11.1 Å². The Kier molecular flexibility index (Phi) is 4.51. The monoisotopic (exact) mass is 337 g/mol. The van der Waals surface area contributed by atoms with Crippen molar-refractivity contribution in [3.05, 3.63) is 47.7 Å². The summed E-state index contributed by atoms with van der Waals surface area (Å²) in [6.45, 7) is -0.938. The number of para-hydroxylation sites is 1. The van der Waals surface area contributed by atoms with E-state index in [1.807, 2.05) is 0 Å². The molecule has 0 radical (unpaired) electrons. The Morgan fingerprint density at radius 2 is 1.65 bits per heavy atom. The van der Waals surface area contributed by atoms with Gasteiger partial charge in [0.2, 0.25) is 0 Å². The Bertz CT molecular complexity index is 696. The standard InChI is InChI=1S/C14H9F6NO2/c15-13(16,17)11-8(7-22)5-6-21-12(11)9-3-1-2-4-10(9)23-14(18,19)20/h1-6,22H,7H2. The van der Waals surface area contributed by atoms with Crippen molar-refractivity contribution in [3.63, 3.8) is 0 Å². The number of benzene rings is 1. The summed E-state index contributed by atoms with van der Waals surface area (Å²) in [7, 11) is 0. The number of alkyl halides is 6. The molecule has 0 fully saturated rings. The predicted molar refractivity (Wildman–Crippen MR) is 67.3 cm³/mol. The van der Waals surface area contributed by atoms with Gasteiger partial charge in [-0.05, 0) is 23.8 Å². The molecule has 1 N–H and O–H groups in total. The van der Waals surface area contributed by atoms with E-state index in [0.717, 1.165) is 24.4 Å². The molecule has 1 heterocycles. The Morgan fingerprint density at radius 3 is 2.22 bits per heavy atom. The topological polar surface area (TPSA) is 42.4 Å². The van der Waals surface area contributed by atoms with Crippen LogP contribution < -0.4 is 4.74 Å². The average Bonchev–Trinajstić information content (AvgIpc) is 2.44. The second-order valence-corrected chi connectivity index (χ2v) is 4.39. The van der Waals surface area contributed by atoms with Crippen molar-refractivity contribution in [2.75, 3.05) is 0 Å². The summed E-state index contributed by atoms with van der Waals surface area (Å²) in [5, 5.41) is 9.07. The second kappa shape index (κ2) is 6.07. The fourth-order valence-electron chi connectivity index (χ4n) is 2.03. The Balaban J connectivity index is 2.69. The van der Waals surface area contributed by atoms with Gasteiger partial charge >= 0.3 is 12.5 Å². The van der Waals surface area contributed by atoms with Gasteiger partial charge in [-0.15, -0.1) is 13.2 Å². The zero-order chi connectivity index (χ0) is 17.3. The van der Waals surface area contributed by atoms with Gasteiger partial charge < -0.3 is 9.84 Å². The smallest absolute Gasteiger partial charge is 0.405 e. The number of pyridine rings is 1. The van der Waals surface area contributed by atoms with Crippen LogP contribution in [0.2, 0.25) is 0 Å². The van der Waals surface area contributed by atoms with Crippen LogP contribution in [0.15, 0.2) is 36.5 Å². The summed E-state index contributed by atoms with van der Waals surface area (Å²) in [5.74, 6) is -0.812. The lowest BCUT2D eigenvalue weighted by molar-refractivity contribution is -0.274. The van der Waals surface area contributed by atoms with E-state index < -0.39 is 47.3 Å². The van der Waals surface area contributed by atoms with E-state index >= 15 is 0 Å². The van der Waals surface area contributed by atoms with Crippen LogP contribution in [0.3, 0.4) is 0 Å². The maximum absolute atomic E-state index is 13.2. The van der Waals surface area contributed by atoms with Crippen LogP contribution in [0.5, 0.6) is 5.75 Å². The predicted octanol–water partition coefficient (Wildman–Crippen LogP) is 4.16. The van der Waals surface area contributed by atoms with E-state index in [0.29, 0.717) is 0 Å². The van der Waals surface area contributed by atoms with Crippen LogP contribution >= 0.6 is 0 Å². The summed E-state index contributed by atoms with van der Waals surface area (Å²) >= 11 is 0. The molecule has 0 aliphatic heterocycles. The molecule has 3 nitrogen and oxygen atoms in total. The van der Waals surface area contributed by atoms with Gasteiger partial charge in [0.25, 0.3) is 0 Å². The molecule has 0 bridgehead atoms. The Labute approximate surface area is 126 Å². The molecule has 124 valence electrons. The second-order valence-electron chi connectivity index (χ2n) is 4.39. The summed E-state index contributed by atoms with van der Waals surface area (Å²) in [4.78, 5) is 3.54. The highest BCUT2D eigenvalue weighted by atomic mass is 19.4. The van der Waals surface area contributed by atoms with Crippen LogP contribution in [0.25, 0.3) is 11.3 Å². The van der Waals surface area contributed by atoms with Crippen molar-refractivity contribution >= 4 is 0 Å². The summed E-state index contributed by atoms with van der Waals surface area (Å²) in [5.41, 5.74) is -3.03. The Morgan fingerprint density at radius 1 is 1.00 bits per heavy atom. The summed E-state index contributed by atoms with van der Waals surface area (Å²) in [6, 6.07) is 5.30. The summed E-state index contributed by atoms with van der Waals surface area (Å²) in [6.07, 6.45) is -9.00. The lowest BCUT2D eigenvalue weighted by atomic mass is 10.00. The van der Waals surface area contributed by atoms with Crippen molar-refractivity contribution in [1.82, 2.24) is 4.98 Å². The first kappa shape index (κ1) is 17.1. The molecular formula is C14H9F6NO2. The zero-order valence-corrected chi connectivity index (χ0v) is 11.2. The Hall–Kier alpha value is -2.29. The molecule has 9 heteroatoms. The van der Waals surface area contributed by atoms with E-state index in [1.54, 1.807) is 0 Å². The van der Waals surface area contributed by atoms with Crippen LogP contribution in [-0.2, 0) is 12.8 Å². The number of halogens is 6. The normalized spacial score (nSPS) is 12.3. The highest BCUT2D eigenvalue weighted by molar-refractivity contribution is 5.71. The first-order valence-corrected chi connectivity index (χ1v) is 6.14. The third-order valence-corrected chi connectivity index (χ3v) is 2.86. The summed E-state index contributed by atoms with van der Waals surface area (Å²) < 4.78 is 80.7. The van der Waals surface area contributed by atoms with Crippen LogP contribution in [0.4, 0.5) is 26.3 Å². The first-order chi connectivity index (χ1) is 10.6. The number of aliphatic hydroxyl groups excluding tert-OH is 1. The molecule has 0 aliphatic rings. The first-order valence-electron chi connectivity index (χ1n) is 6.14. The largest absolute Gasteiger partial charge is 0.573 e. The molecule has 0 saturated heterocycles. The molecule has 0 atom stereocenters. The van der Waals surface area contributed by atoms with Crippen molar-refractivity contribution in [2.24, 2.45) is 0 Å². The van der Waals surface area contributed by atoms with Gasteiger partial charge in [-0.25, -0.2) is 0 Å². The number of hydrogen-bond donors (Lipinski definition) is 1. The van der Waals surface area contributed by atoms with E-state index in [1.165, 1.54) is 12.1 Å². The minimum atomic E-state index is -5.07. The fourth-order valence-corrected chi connectivity index (χ4v) is 2.03. The maximum Gasteiger partial charge on any atom is 0.573 e. The quantitative estimate of drug-likeness (QED) is 0.856. The number of nitrogens with zero attached hydrogens (tertiary/aromatic N) is 1. The molecule has 23 heavy (non-hydrogen) atoms. The van der Waals surface area contributed by atoms with Crippen molar-refractivity contribution in [1.29, 1.82) is 0 Å². The number of aliphatic hydroxyl groups is 1. The lowest BCUT2D eigenvalue weighted by Crippen LogP contribution is -2.18. The van der Waals surface area contributed by atoms with Gasteiger partial charge in [-0.1, -0.05) is 12.1 Å². The maximum atomic E-state index is 13.2. The van der Waals surface area contributed by atoms with E-state index in [2.05, 4.69) is 9.72 Å². The molecule has 1 aromatic carbocycles. The molecule has 0 aliphatic carbocycles. The molecule has 2 aromatic rings. The van der Waals surface area contributed by atoms with E-state index in [-0.39, 0.29) is 0 Å². The highest BCUT2D eigenvalue weighted by Gasteiger charge is 2.39. The van der Waals surface area contributed by atoms with Gasteiger partial charge in [-0.3, -0.25) is 4.98 Å². The zero-order valence-electron chi connectivity index (χ0n) is 11.2. The molecule has 0 unspecified atom stereocenters. The van der Waals surface area contributed by atoms with E-state index in [4.69, 9.17) is 5.11 Å². The molecular weight excluding hydrogens is 328 g/mol. The van der Waals surface area contributed by atoms with Crippen molar-refractivity contribution < 1.29 is 36.2 Å². The third-order valence-electron chi connectivity index (χ3n) is 2.86. The van der Waals surface area contributed by atoms with Crippen molar-refractivity contribution in [3.8, 4) is 17.0 Å². The van der Waals surface area contributed by atoms with Gasteiger partial charge in [0.1, 0.15) is 5.75 Å². The molecule has 0 amide bonds.